The number of rotatable bonds is 3. The third-order valence-corrected chi connectivity index (χ3v) is 11.4. The van der Waals surface area contributed by atoms with E-state index in [1.54, 1.807) is 6.07 Å². The second kappa shape index (κ2) is 7.98. The number of aliphatic hydroxyl groups is 1. The van der Waals surface area contributed by atoms with Crippen molar-refractivity contribution >= 4 is 28.4 Å². The minimum Gasteiger partial charge on any atom is -0.390 e. The van der Waals surface area contributed by atoms with Gasteiger partial charge in [0.15, 0.2) is 11.6 Å². The molecular weight excluding hydrogens is 465 g/mol. The van der Waals surface area contributed by atoms with Gasteiger partial charge in [-0.05, 0) is 111 Å². The topological polar surface area (TPSA) is 68.0 Å². The smallest absolute Gasteiger partial charge is 0.157 e. The van der Waals surface area contributed by atoms with Crippen LogP contribution in [0.2, 0.25) is 5.02 Å². The fourth-order valence-electron chi connectivity index (χ4n) is 9.33. The standard InChI is InChI=1S/C28H37ClFN3O2/c1-26(35)10-11-27(2)16(14-26)4-5-18-19-6-7-21(28(19,3)9-8-20(18)27)24(34)15-33-23-13-17(29)12-22(30)25(23)31-32-33/h12-13,16,18-21,35H,4-11,14-15H2,1-3H3/t16-,18+,19+,20+,21-,26-,27+,28+/m1/s1. The van der Waals surface area contributed by atoms with E-state index in [2.05, 4.69) is 24.2 Å². The molecule has 6 rings (SSSR count). The quantitative estimate of drug-likeness (QED) is 0.543. The van der Waals surface area contributed by atoms with E-state index in [4.69, 9.17) is 11.6 Å². The number of halogens is 2. The van der Waals surface area contributed by atoms with Crippen molar-refractivity contribution in [2.75, 3.05) is 0 Å². The minimum atomic E-state index is -0.510. The molecule has 7 heteroatoms. The summed E-state index contributed by atoms with van der Waals surface area (Å²) < 4.78 is 15.8. The zero-order chi connectivity index (χ0) is 24.8. The number of fused-ring (bicyclic) bond motifs is 6. The van der Waals surface area contributed by atoms with Gasteiger partial charge in [-0.15, -0.1) is 5.10 Å². The van der Waals surface area contributed by atoms with Gasteiger partial charge in [0.2, 0.25) is 0 Å². The third-order valence-electron chi connectivity index (χ3n) is 11.2. The maximum absolute atomic E-state index is 14.2. The molecule has 0 radical (unpaired) electrons. The number of aromatic nitrogens is 3. The van der Waals surface area contributed by atoms with Gasteiger partial charge >= 0.3 is 0 Å². The SMILES string of the molecule is C[C@@]1(O)CC[C@@]2(C)[C@H](CC[C@@H]3[C@@H]2CC[C@]2(C)[C@@H](C(=O)Cn4nnc5c(F)cc(Cl)cc54)CC[C@@H]32)C1. The zero-order valence-electron chi connectivity index (χ0n) is 21.1. The summed E-state index contributed by atoms with van der Waals surface area (Å²) in [5.41, 5.74) is 0.461. The van der Waals surface area contributed by atoms with Crippen LogP contribution in [-0.2, 0) is 11.3 Å². The van der Waals surface area contributed by atoms with Gasteiger partial charge in [0.1, 0.15) is 12.1 Å². The van der Waals surface area contributed by atoms with Gasteiger partial charge in [-0.1, -0.05) is 30.7 Å². The fraction of sp³-hybridized carbons (Fsp3) is 0.750. The summed E-state index contributed by atoms with van der Waals surface area (Å²) in [5, 5.41) is 19.1. The van der Waals surface area contributed by atoms with Gasteiger partial charge in [0.25, 0.3) is 0 Å². The molecule has 0 saturated heterocycles. The molecular formula is C28H37ClFN3O2. The summed E-state index contributed by atoms with van der Waals surface area (Å²) >= 11 is 6.06. The normalized spacial score (nSPS) is 43.0. The largest absolute Gasteiger partial charge is 0.390 e. The number of hydrogen-bond donors (Lipinski definition) is 1. The Morgan fingerprint density at radius 1 is 1.09 bits per heavy atom. The highest BCUT2D eigenvalue weighted by Crippen LogP contribution is 2.68. The maximum Gasteiger partial charge on any atom is 0.157 e. The Labute approximate surface area is 211 Å². The Bertz CT molecular complexity index is 1180. The number of nitrogens with zero attached hydrogens (tertiary/aromatic N) is 3. The molecule has 4 aliphatic rings. The fourth-order valence-corrected chi connectivity index (χ4v) is 9.53. The van der Waals surface area contributed by atoms with Crippen molar-refractivity contribution in [3.05, 3.63) is 23.0 Å². The highest BCUT2D eigenvalue weighted by molar-refractivity contribution is 6.31. The molecule has 1 N–H and O–H groups in total. The number of benzene rings is 1. The van der Waals surface area contributed by atoms with Crippen LogP contribution in [0.15, 0.2) is 12.1 Å². The average molecular weight is 502 g/mol. The van der Waals surface area contributed by atoms with Crippen molar-refractivity contribution in [3.8, 4) is 0 Å². The summed E-state index contributed by atoms with van der Waals surface area (Å²) in [6, 6.07) is 2.87. The van der Waals surface area contributed by atoms with Crippen molar-refractivity contribution in [1.82, 2.24) is 15.0 Å². The average Bonchev–Trinajstić information content (AvgIpc) is 3.35. The van der Waals surface area contributed by atoms with Crippen LogP contribution in [0.25, 0.3) is 11.0 Å². The molecule has 0 unspecified atom stereocenters. The molecule has 1 aromatic heterocycles. The molecule has 0 bridgehead atoms. The van der Waals surface area contributed by atoms with E-state index in [1.807, 2.05) is 6.92 Å². The second-order valence-electron chi connectivity index (χ2n) is 13.0. The number of ketones is 1. The molecule has 1 aromatic carbocycles. The first-order valence-electron chi connectivity index (χ1n) is 13.5. The molecule has 0 spiro atoms. The van der Waals surface area contributed by atoms with Gasteiger partial charge < -0.3 is 5.11 Å². The molecule has 5 nitrogen and oxygen atoms in total. The highest BCUT2D eigenvalue weighted by atomic mass is 35.5. The lowest BCUT2D eigenvalue weighted by Gasteiger charge is -2.61. The van der Waals surface area contributed by atoms with Crippen LogP contribution in [-0.4, -0.2) is 31.5 Å². The van der Waals surface area contributed by atoms with Crippen LogP contribution in [0.1, 0.15) is 78.6 Å². The summed E-state index contributed by atoms with van der Waals surface area (Å²) in [4.78, 5) is 13.7. The molecule has 1 heterocycles. The van der Waals surface area contributed by atoms with Gasteiger partial charge in [0.05, 0.1) is 11.1 Å². The number of Topliss-reactive ketones (excluding diaryl/α,β-unsaturated/α-hetero) is 1. The van der Waals surface area contributed by atoms with Crippen LogP contribution in [0, 0.1) is 46.2 Å². The Morgan fingerprint density at radius 2 is 1.86 bits per heavy atom. The van der Waals surface area contributed by atoms with Crippen LogP contribution >= 0.6 is 11.6 Å². The summed E-state index contributed by atoms with van der Waals surface area (Å²) in [6.07, 6.45) is 9.72. The monoisotopic (exact) mass is 501 g/mol. The van der Waals surface area contributed by atoms with Crippen molar-refractivity contribution in [3.63, 3.8) is 0 Å². The highest BCUT2D eigenvalue weighted by Gasteiger charge is 2.61. The van der Waals surface area contributed by atoms with Gasteiger partial charge in [-0.2, -0.15) is 0 Å². The molecule has 4 fully saturated rings. The van der Waals surface area contributed by atoms with Crippen LogP contribution < -0.4 is 0 Å². The Hall–Kier alpha value is -1.53. The van der Waals surface area contributed by atoms with Crippen molar-refractivity contribution in [1.29, 1.82) is 0 Å². The summed E-state index contributed by atoms with van der Waals surface area (Å²) in [6.45, 7) is 7.00. The van der Waals surface area contributed by atoms with E-state index in [0.717, 1.165) is 38.5 Å². The van der Waals surface area contributed by atoms with Gasteiger partial charge in [0, 0.05) is 10.9 Å². The molecule has 2 aromatic rings. The summed E-state index contributed by atoms with van der Waals surface area (Å²) in [7, 11) is 0. The maximum atomic E-state index is 14.2. The Kier molecular flexibility index (Phi) is 5.44. The first-order valence-corrected chi connectivity index (χ1v) is 13.8. The number of hydrogen-bond acceptors (Lipinski definition) is 4. The van der Waals surface area contributed by atoms with E-state index < -0.39 is 11.4 Å². The lowest BCUT2D eigenvalue weighted by molar-refractivity contribution is -0.151. The van der Waals surface area contributed by atoms with Crippen molar-refractivity contribution in [2.24, 2.45) is 40.4 Å². The van der Waals surface area contributed by atoms with Gasteiger partial charge in [-0.3, -0.25) is 4.79 Å². The van der Waals surface area contributed by atoms with E-state index in [1.165, 1.54) is 30.0 Å². The van der Waals surface area contributed by atoms with E-state index in [-0.39, 0.29) is 34.2 Å². The Morgan fingerprint density at radius 3 is 2.66 bits per heavy atom. The first-order chi connectivity index (χ1) is 16.5. The molecule has 4 aliphatic carbocycles. The van der Waals surface area contributed by atoms with Crippen LogP contribution in [0.4, 0.5) is 4.39 Å². The summed E-state index contributed by atoms with van der Waals surface area (Å²) in [5.74, 6) is 2.26. The molecule has 35 heavy (non-hydrogen) atoms. The lowest BCUT2D eigenvalue weighted by atomic mass is 9.44. The van der Waals surface area contributed by atoms with Crippen LogP contribution in [0.3, 0.4) is 0 Å². The predicted octanol–water partition coefficient (Wildman–Crippen LogP) is 6.20. The third kappa shape index (κ3) is 3.60. The molecule has 4 saturated carbocycles. The number of carbonyl (C=O) groups is 1. The molecule has 0 aliphatic heterocycles. The lowest BCUT2D eigenvalue weighted by Crippen LogP contribution is -2.55. The predicted molar refractivity (Wildman–Crippen MR) is 133 cm³/mol. The Balaban J connectivity index is 1.22. The van der Waals surface area contributed by atoms with Crippen molar-refractivity contribution < 1.29 is 14.3 Å². The first kappa shape index (κ1) is 23.8. The second-order valence-corrected chi connectivity index (χ2v) is 13.4. The van der Waals surface area contributed by atoms with Gasteiger partial charge in [-0.25, -0.2) is 9.07 Å². The van der Waals surface area contributed by atoms with E-state index in [9.17, 15) is 14.3 Å². The molecule has 0 amide bonds. The molecule has 190 valence electrons. The van der Waals surface area contributed by atoms with Crippen LogP contribution in [0.5, 0.6) is 0 Å². The van der Waals surface area contributed by atoms with Crippen molar-refractivity contribution in [2.45, 2.75) is 90.7 Å². The van der Waals surface area contributed by atoms with E-state index >= 15 is 0 Å². The molecule has 8 atom stereocenters. The van der Waals surface area contributed by atoms with E-state index in [0.29, 0.717) is 34.6 Å². The number of carbonyl (C=O) groups excluding carboxylic acids is 1. The zero-order valence-corrected chi connectivity index (χ0v) is 21.8. The minimum absolute atomic E-state index is 0.00866.